The zero-order chi connectivity index (χ0) is 8.55. The fourth-order valence-corrected chi connectivity index (χ4v) is 1.79. The van der Waals surface area contributed by atoms with Crippen molar-refractivity contribution in [1.82, 2.24) is 0 Å². The van der Waals surface area contributed by atoms with Crippen molar-refractivity contribution in [2.24, 2.45) is 11.8 Å². The fourth-order valence-electron chi connectivity index (χ4n) is 1.79. The molecule has 0 nitrogen and oxygen atoms in total. The Balaban J connectivity index is 2.24. The first-order chi connectivity index (χ1) is 5.83. The highest BCUT2D eigenvalue weighted by Gasteiger charge is 2.40. The minimum atomic E-state index is 0.790. The first-order valence-corrected chi connectivity index (χ1v) is 4.53. The molecule has 0 amide bonds. The summed E-state index contributed by atoms with van der Waals surface area (Å²) >= 11 is 0. The number of rotatable bonds is 1. The molecule has 0 aromatic rings. The molecule has 2 atom stereocenters. The molecule has 0 radical (unpaired) electrons. The topological polar surface area (TPSA) is 0 Å². The van der Waals surface area contributed by atoms with Gasteiger partial charge < -0.3 is 0 Å². The third kappa shape index (κ3) is 1.18. The lowest BCUT2D eigenvalue weighted by Gasteiger charge is -2.09. The van der Waals surface area contributed by atoms with E-state index in [4.69, 9.17) is 0 Å². The van der Waals surface area contributed by atoms with Crippen molar-refractivity contribution >= 4 is 0 Å². The number of hydrogen-bond acceptors (Lipinski definition) is 0. The minimum Gasteiger partial charge on any atom is -0.0915 e. The first-order valence-electron chi connectivity index (χ1n) is 4.53. The normalized spacial score (nSPS) is 36.1. The van der Waals surface area contributed by atoms with E-state index in [1.54, 1.807) is 0 Å². The van der Waals surface area contributed by atoms with Gasteiger partial charge in [0.15, 0.2) is 0 Å². The summed E-state index contributed by atoms with van der Waals surface area (Å²) < 4.78 is 0. The van der Waals surface area contributed by atoms with E-state index in [-0.39, 0.29) is 0 Å². The fraction of sp³-hybridized carbons (Fsp3) is 0.333. The van der Waals surface area contributed by atoms with Gasteiger partial charge in [-0.3, -0.25) is 0 Å². The van der Waals surface area contributed by atoms with Gasteiger partial charge in [-0.05, 0) is 36.3 Å². The van der Waals surface area contributed by atoms with Crippen LogP contribution in [0.3, 0.4) is 0 Å². The summed E-state index contributed by atoms with van der Waals surface area (Å²) in [6.45, 7) is 6.08. The molecular formula is C12H14. The van der Waals surface area contributed by atoms with Gasteiger partial charge in [0.2, 0.25) is 0 Å². The third-order valence-corrected chi connectivity index (χ3v) is 2.62. The van der Waals surface area contributed by atoms with E-state index in [0.717, 1.165) is 11.8 Å². The van der Waals surface area contributed by atoms with Gasteiger partial charge >= 0.3 is 0 Å². The van der Waals surface area contributed by atoms with Gasteiger partial charge in [0, 0.05) is 0 Å². The summed E-state index contributed by atoms with van der Waals surface area (Å²) in [6, 6.07) is 0. The largest absolute Gasteiger partial charge is 0.0915 e. The summed E-state index contributed by atoms with van der Waals surface area (Å²) in [6.07, 6.45) is 12.2. The zero-order valence-corrected chi connectivity index (χ0v) is 7.46. The van der Waals surface area contributed by atoms with E-state index < -0.39 is 0 Å². The molecule has 0 N–H and O–H groups in total. The van der Waals surface area contributed by atoms with Gasteiger partial charge in [-0.1, -0.05) is 37.0 Å². The van der Waals surface area contributed by atoms with Gasteiger partial charge in [-0.2, -0.15) is 0 Å². The van der Waals surface area contributed by atoms with E-state index in [1.165, 1.54) is 17.6 Å². The highest BCUT2D eigenvalue weighted by molar-refractivity contribution is 5.48. The molecule has 2 aliphatic rings. The Morgan fingerprint density at radius 2 is 2.42 bits per heavy atom. The molecule has 1 saturated carbocycles. The monoisotopic (exact) mass is 158 g/mol. The van der Waals surface area contributed by atoms with E-state index in [2.05, 4.69) is 37.0 Å². The van der Waals surface area contributed by atoms with E-state index >= 15 is 0 Å². The average Bonchev–Trinajstić information content (AvgIpc) is 2.82. The van der Waals surface area contributed by atoms with E-state index in [1.807, 2.05) is 6.92 Å². The average molecular weight is 158 g/mol. The van der Waals surface area contributed by atoms with Crippen molar-refractivity contribution in [3.63, 3.8) is 0 Å². The standard InChI is InChI=1S/C12H14/c1-3-4-5-11-9(2)6-7-10-8-12(10)11/h3-7,10,12H,2,8H2,1H3/b4-3-,11-5+. The highest BCUT2D eigenvalue weighted by atomic mass is 14.4. The lowest BCUT2D eigenvalue weighted by atomic mass is 9.96. The van der Waals surface area contributed by atoms with Crippen molar-refractivity contribution in [1.29, 1.82) is 0 Å². The Hall–Kier alpha value is -1.04. The van der Waals surface area contributed by atoms with Crippen LogP contribution in [0.4, 0.5) is 0 Å². The van der Waals surface area contributed by atoms with Crippen LogP contribution in [0.2, 0.25) is 0 Å². The quantitative estimate of drug-likeness (QED) is 0.549. The van der Waals surface area contributed by atoms with E-state index in [9.17, 15) is 0 Å². The minimum absolute atomic E-state index is 0.790. The Labute approximate surface area is 74.0 Å². The third-order valence-electron chi connectivity index (χ3n) is 2.62. The smallest absolute Gasteiger partial charge is 0.00871 e. The first kappa shape index (κ1) is 7.60. The molecule has 12 heavy (non-hydrogen) atoms. The lowest BCUT2D eigenvalue weighted by Crippen LogP contribution is -1.94. The van der Waals surface area contributed by atoms with Crippen molar-refractivity contribution < 1.29 is 0 Å². The van der Waals surface area contributed by atoms with Crippen LogP contribution in [0, 0.1) is 11.8 Å². The second-order valence-electron chi connectivity index (χ2n) is 3.54. The summed E-state index contributed by atoms with van der Waals surface area (Å²) in [7, 11) is 0. The number of fused-ring (bicyclic) bond motifs is 1. The second-order valence-corrected chi connectivity index (χ2v) is 3.54. The maximum atomic E-state index is 4.04. The molecule has 0 heterocycles. The molecule has 2 unspecified atom stereocenters. The molecule has 2 aliphatic carbocycles. The number of hydrogen-bond donors (Lipinski definition) is 0. The second kappa shape index (κ2) is 2.78. The van der Waals surface area contributed by atoms with Crippen LogP contribution in [-0.2, 0) is 0 Å². The molecule has 0 spiro atoms. The summed E-state index contributed by atoms with van der Waals surface area (Å²) in [5, 5.41) is 0. The summed E-state index contributed by atoms with van der Waals surface area (Å²) in [5.74, 6) is 1.62. The van der Waals surface area contributed by atoms with Gasteiger partial charge in [0.1, 0.15) is 0 Å². The van der Waals surface area contributed by atoms with Crippen LogP contribution in [0.25, 0.3) is 0 Å². The highest BCUT2D eigenvalue weighted by Crippen LogP contribution is 2.50. The lowest BCUT2D eigenvalue weighted by molar-refractivity contribution is 0.918. The molecule has 1 fully saturated rings. The molecule has 0 aromatic heterocycles. The molecule has 0 bridgehead atoms. The van der Waals surface area contributed by atoms with Gasteiger partial charge in [-0.15, -0.1) is 0 Å². The van der Waals surface area contributed by atoms with Crippen LogP contribution < -0.4 is 0 Å². The molecule has 0 heteroatoms. The van der Waals surface area contributed by atoms with Crippen LogP contribution in [0.15, 0.2) is 48.1 Å². The number of allylic oxidation sites excluding steroid dienone is 7. The predicted octanol–water partition coefficient (Wildman–Crippen LogP) is 3.25. The summed E-state index contributed by atoms with van der Waals surface area (Å²) in [4.78, 5) is 0. The van der Waals surface area contributed by atoms with Crippen molar-refractivity contribution in [2.75, 3.05) is 0 Å². The maximum Gasteiger partial charge on any atom is -0.00871 e. The van der Waals surface area contributed by atoms with Gasteiger partial charge in [0.25, 0.3) is 0 Å². The van der Waals surface area contributed by atoms with Crippen LogP contribution in [0.1, 0.15) is 13.3 Å². The predicted molar refractivity (Wildman–Crippen MR) is 52.8 cm³/mol. The Bertz CT molecular complexity index is 289. The molecule has 0 saturated heterocycles. The van der Waals surface area contributed by atoms with Crippen molar-refractivity contribution in [2.45, 2.75) is 13.3 Å². The SMILES string of the molecule is C=C1C=CC2CC2/C1=C/C=C\C. The van der Waals surface area contributed by atoms with Crippen LogP contribution in [0.5, 0.6) is 0 Å². The van der Waals surface area contributed by atoms with Crippen LogP contribution in [-0.4, -0.2) is 0 Å². The Morgan fingerprint density at radius 3 is 3.17 bits per heavy atom. The Morgan fingerprint density at radius 1 is 1.58 bits per heavy atom. The zero-order valence-electron chi connectivity index (χ0n) is 7.46. The van der Waals surface area contributed by atoms with Gasteiger partial charge in [0.05, 0.1) is 0 Å². The summed E-state index contributed by atoms with van der Waals surface area (Å²) in [5.41, 5.74) is 2.65. The van der Waals surface area contributed by atoms with Crippen molar-refractivity contribution in [3.05, 3.63) is 48.1 Å². The maximum absolute atomic E-state index is 4.04. The molecular weight excluding hydrogens is 144 g/mol. The van der Waals surface area contributed by atoms with Crippen LogP contribution >= 0.6 is 0 Å². The molecule has 2 rings (SSSR count). The molecule has 0 aromatic carbocycles. The Kier molecular flexibility index (Phi) is 1.76. The van der Waals surface area contributed by atoms with Gasteiger partial charge in [-0.25, -0.2) is 0 Å². The molecule has 0 aliphatic heterocycles. The van der Waals surface area contributed by atoms with E-state index in [0.29, 0.717) is 0 Å². The van der Waals surface area contributed by atoms with Crippen molar-refractivity contribution in [3.8, 4) is 0 Å². The molecule has 62 valence electrons.